The van der Waals surface area contributed by atoms with Crippen molar-refractivity contribution < 1.29 is 4.42 Å². The van der Waals surface area contributed by atoms with Gasteiger partial charge in [-0.05, 0) is 84.6 Å². The van der Waals surface area contributed by atoms with Crippen molar-refractivity contribution in [2.45, 2.75) is 0 Å². The fraction of sp³-hybridized carbons (Fsp3) is 0. The fourth-order valence-electron chi connectivity index (χ4n) is 6.88. The zero-order valence-corrected chi connectivity index (χ0v) is 23.4. The number of fused-ring (bicyclic) bond motifs is 7. The highest BCUT2D eigenvalue weighted by atomic mass is 16.3. The molecule has 1 nitrogen and oxygen atoms in total. The Bertz CT molecular complexity index is 2480. The lowest BCUT2D eigenvalue weighted by atomic mass is 9.84. The van der Waals surface area contributed by atoms with E-state index >= 15 is 0 Å². The minimum Gasteiger partial charge on any atom is -0.455 e. The average molecular weight is 547 g/mol. The van der Waals surface area contributed by atoms with Gasteiger partial charge in [0.2, 0.25) is 0 Å². The van der Waals surface area contributed by atoms with E-state index in [-0.39, 0.29) is 0 Å². The average Bonchev–Trinajstić information content (AvgIpc) is 3.46. The van der Waals surface area contributed by atoms with Crippen molar-refractivity contribution in [3.8, 4) is 33.4 Å². The van der Waals surface area contributed by atoms with E-state index in [0.29, 0.717) is 0 Å². The topological polar surface area (TPSA) is 13.1 Å². The molecule has 0 spiro atoms. The van der Waals surface area contributed by atoms with Gasteiger partial charge < -0.3 is 4.42 Å². The summed E-state index contributed by atoms with van der Waals surface area (Å²) < 4.78 is 6.47. The zero-order valence-electron chi connectivity index (χ0n) is 23.4. The summed E-state index contributed by atoms with van der Waals surface area (Å²) in [6, 6.07) is 56.8. The van der Waals surface area contributed by atoms with Gasteiger partial charge in [0, 0.05) is 16.2 Å². The quantitative estimate of drug-likeness (QED) is 0.201. The fourth-order valence-corrected chi connectivity index (χ4v) is 6.88. The molecule has 0 aliphatic carbocycles. The van der Waals surface area contributed by atoms with E-state index in [2.05, 4.69) is 158 Å². The van der Waals surface area contributed by atoms with Crippen LogP contribution in [-0.2, 0) is 0 Å². The third kappa shape index (κ3) is 3.72. The van der Waals surface area contributed by atoms with E-state index in [1.165, 1.54) is 60.3 Å². The molecule has 0 amide bonds. The van der Waals surface area contributed by atoms with Crippen LogP contribution in [0, 0.1) is 0 Å². The molecule has 0 aliphatic rings. The van der Waals surface area contributed by atoms with E-state index in [1.807, 2.05) is 0 Å². The summed E-state index contributed by atoms with van der Waals surface area (Å²) in [5, 5.41) is 9.63. The van der Waals surface area contributed by atoms with E-state index in [9.17, 15) is 0 Å². The van der Waals surface area contributed by atoms with Gasteiger partial charge in [0.1, 0.15) is 11.2 Å². The highest BCUT2D eigenvalue weighted by Crippen LogP contribution is 2.46. The van der Waals surface area contributed by atoms with Gasteiger partial charge in [0.15, 0.2) is 0 Å². The molecule has 200 valence electrons. The summed E-state index contributed by atoms with van der Waals surface area (Å²) in [5.74, 6) is 0. The Balaban J connectivity index is 1.39. The molecule has 0 saturated carbocycles. The van der Waals surface area contributed by atoms with Gasteiger partial charge in [-0.1, -0.05) is 133 Å². The van der Waals surface area contributed by atoms with Gasteiger partial charge >= 0.3 is 0 Å². The molecule has 0 atom stereocenters. The Morgan fingerprint density at radius 2 is 0.860 bits per heavy atom. The van der Waals surface area contributed by atoms with E-state index < -0.39 is 0 Å². The van der Waals surface area contributed by atoms with Gasteiger partial charge in [0.05, 0.1) is 0 Å². The molecule has 0 fully saturated rings. The monoisotopic (exact) mass is 546 g/mol. The third-order valence-corrected chi connectivity index (χ3v) is 8.84. The van der Waals surface area contributed by atoms with Gasteiger partial charge in [-0.25, -0.2) is 0 Å². The van der Waals surface area contributed by atoms with Crippen molar-refractivity contribution in [1.82, 2.24) is 0 Å². The summed E-state index contributed by atoms with van der Waals surface area (Å²) in [5.41, 5.74) is 9.24. The lowest BCUT2D eigenvalue weighted by Gasteiger charge is -2.19. The maximum Gasteiger partial charge on any atom is 0.143 e. The molecule has 0 bridgehead atoms. The summed E-state index contributed by atoms with van der Waals surface area (Å²) in [7, 11) is 0. The van der Waals surface area contributed by atoms with Crippen molar-refractivity contribution in [3.63, 3.8) is 0 Å². The lowest BCUT2D eigenvalue weighted by Crippen LogP contribution is -1.91. The molecule has 1 heterocycles. The van der Waals surface area contributed by atoms with Crippen LogP contribution in [0.4, 0.5) is 0 Å². The number of benzene rings is 8. The highest BCUT2D eigenvalue weighted by molar-refractivity contribution is 6.23. The van der Waals surface area contributed by atoms with Crippen molar-refractivity contribution in [2.75, 3.05) is 0 Å². The van der Waals surface area contributed by atoms with Gasteiger partial charge in [-0.15, -0.1) is 0 Å². The Morgan fingerprint density at radius 1 is 0.302 bits per heavy atom. The van der Waals surface area contributed by atoms with E-state index in [4.69, 9.17) is 4.42 Å². The smallest absolute Gasteiger partial charge is 0.143 e. The Morgan fingerprint density at radius 3 is 1.63 bits per heavy atom. The maximum atomic E-state index is 6.47. The normalized spacial score (nSPS) is 11.7. The van der Waals surface area contributed by atoms with Crippen LogP contribution in [0.2, 0.25) is 0 Å². The molecule has 1 heteroatoms. The van der Waals surface area contributed by atoms with E-state index in [1.54, 1.807) is 0 Å². The van der Waals surface area contributed by atoms with Crippen LogP contribution in [0.15, 0.2) is 162 Å². The van der Waals surface area contributed by atoms with Gasteiger partial charge in [-0.2, -0.15) is 0 Å². The second-order valence-corrected chi connectivity index (χ2v) is 11.3. The predicted octanol–water partition coefficient (Wildman–Crippen LogP) is 12.0. The minimum atomic E-state index is 0.913. The Kier molecular flexibility index (Phi) is 5.27. The molecule has 8 aromatic carbocycles. The van der Waals surface area contributed by atoms with E-state index in [0.717, 1.165) is 27.3 Å². The summed E-state index contributed by atoms with van der Waals surface area (Å²) in [6.07, 6.45) is 0. The summed E-state index contributed by atoms with van der Waals surface area (Å²) in [6.45, 7) is 0. The molecular formula is C42H26O. The molecule has 43 heavy (non-hydrogen) atoms. The van der Waals surface area contributed by atoms with Crippen molar-refractivity contribution >= 4 is 54.3 Å². The predicted molar refractivity (Wildman–Crippen MR) is 183 cm³/mol. The number of rotatable bonds is 3. The number of hydrogen-bond donors (Lipinski definition) is 0. The molecule has 1 aromatic heterocycles. The largest absolute Gasteiger partial charge is 0.455 e. The van der Waals surface area contributed by atoms with Crippen LogP contribution in [0.3, 0.4) is 0 Å². The van der Waals surface area contributed by atoms with Crippen LogP contribution in [0.1, 0.15) is 0 Å². The second kappa shape index (κ2) is 9.44. The lowest BCUT2D eigenvalue weighted by molar-refractivity contribution is 0.672. The van der Waals surface area contributed by atoms with Crippen LogP contribution >= 0.6 is 0 Å². The van der Waals surface area contributed by atoms with Crippen LogP contribution in [0.5, 0.6) is 0 Å². The maximum absolute atomic E-state index is 6.47. The standard InChI is InChI=1S/C42H26O/c1-3-11-27(12-4-1)30-20-22-35-38(25-30)40(29-14-5-2-6-15-29)33-17-9-10-18-34(33)41(35)31-21-24-39-37(26-31)36-23-19-28-13-7-8-16-32(28)42(36)43-39/h1-26H. The molecule has 9 rings (SSSR count). The van der Waals surface area contributed by atoms with Crippen LogP contribution in [-0.4, -0.2) is 0 Å². The first-order valence-corrected chi connectivity index (χ1v) is 14.8. The first kappa shape index (κ1) is 24.0. The second-order valence-electron chi connectivity index (χ2n) is 11.3. The Hall–Kier alpha value is -5.66. The molecule has 0 saturated heterocycles. The number of furan rings is 1. The molecule has 9 aromatic rings. The zero-order chi connectivity index (χ0) is 28.3. The summed E-state index contributed by atoms with van der Waals surface area (Å²) in [4.78, 5) is 0. The first-order valence-electron chi connectivity index (χ1n) is 14.8. The third-order valence-electron chi connectivity index (χ3n) is 8.84. The summed E-state index contributed by atoms with van der Waals surface area (Å²) >= 11 is 0. The molecule has 0 aliphatic heterocycles. The highest BCUT2D eigenvalue weighted by Gasteiger charge is 2.19. The molecule has 0 N–H and O–H groups in total. The molecule has 0 unspecified atom stereocenters. The van der Waals surface area contributed by atoms with Crippen molar-refractivity contribution in [1.29, 1.82) is 0 Å². The minimum absolute atomic E-state index is 0.913. The van der Waals surface area contributed by atoms with Crippen LogP contribution in [0.25, 0.3) is 87.6 Å². The first-order chi connectivity index (χ1) is 21.3. The molecule has 0 radical (unpaired) electrons. The van der Waals surface area contributed by atoms with Gasteiger partial charge in [0.25, 0.3) is 0 Å². The number of hydrogen-bond acceptors (Lipinski definition) is 1. The van der Waals surface area contributed by atoms with Crippen molar-refractivity contribution in [3.05, 3.63) is 158 Å². The van der Waals surface area contributed by atoms with Crippen LogP contribution < -0.4 is 0 Å². The van der Waals surface area contributed by atoms with Gasteiger partial charge in [-0.3, -0.25) is 0 Å². The van der Waals surface area contributed by atoms with Crippen molar-refractivity contribution in [2.24, 2.45) is 0 Å². The SMILES string of the molecule is c1ccc(-c2ccc3c(-c4ccc5oc6c7ccccc7ccc6c5c4)c4ccccc4c(-c4ccccc4)c3c2)cc1. The Labute approximate surface area is 249 Å². The molecular weight excluding hydrogens is 520 g/mol.